The van der Waals surface area contributed by atoms with Gasteiger partial charge in [0, 0.05) is 29.5 Å². The van der Waals surface area contributed by atoms with Crippen LogP contribution in [0.5, 0.6) is 0 Å². The van der Waals surface area contributed by atoms with E-state index in [1.165, 1.54) is 30.6 Å². The third kappa shape index (κ3) is 2.56. The molecular formula is C13H18N4S. The van der Waals surface area contributed by atoms with Gasteiger partial charge in [-0.2, -0.15) is 0 Å². The summed E-state index contributed by atoms with van der Waals surface area (Å²) in [7, 11) is 0. The van der Waals surface area contributed by atoms with Crippen molar-refractivity contribution in [2.24, 2.45) is 0 Å². The Labute approximate surface area is 111 Å². The third-order valence-electron chi connectivity index (χ3n) is 3.40. The lowest BCUT2D eigenvalue weighted by molar-refractivity contribution is 0.718. The maximum Gasteiger partial charge on any atom is 0.203 e. The van der Waals surface area contributed by atoms with Crippen molar-refractivity contribution >= 4 is 17.3 Å². The zero-order valence-electron chi connectivity index (χ0n) is 10.6. The van der Waals surface area contributed by atoms with Gasteiger partial charge in [0.15, 0.2) is 0 Å². The van der Waals surface area contributed by atoms with Crippen molar-refractivity contribution in [3.8, 4) is 0 Å². The van der Waals surface area contributed by atoms with Crippen molar-refractivity contribution in [1.82, 2.24) is 14.5 Å². The standard InChI is InChI=1S/C13H18N4S/c1-10-15-8-12(18-10)9-17-7-6-14-13(17)16-11-4-2-3-5-11/h6-8,11H,2-5,9H2,1H3,(H,14,16). The van der Waals surface area contributed by atoms with Gasteiger partial charge in [-0.25, -0.2) is 9.97 Å². The van der Waals surface area contributed by atoms with Crippen LogP contribution in [0.15, 0.2) is 18.6 Å². The van der Waals surface area contributed by atoms with Gasteiger partial charge in [0.1, 0.15) is 0 Å². The van der Waals surface area contributed by atoms with E-state index in [0.717, 1.165) is 17.5 Å². The molecule has 0 amide bonds. The second-order valence-electron chi connectivity index (χ2n) is 4.85. The lowest BCUT2D eigenvalue weighted by atomic mass is 10.2. The number of nitrogens with one attached hydrogen (secondary N) is 1. The molecule has 0 aromatic carbocycles. The molecular weight excluding hydrogens is 244 g/mol. The molecule has 0 saturated heterocycles. The fourth-order valence-electron chi connectivity index (χ4n) is 2.48. The fourth-order valence-corrected chi connectivity index (χ4v) is 3.27. The number of rotatable bonds is 4. The van der Waals surface area contributed by atoms with Crippen molar-refractivity contribution in [2.45, 2.75) is 45.2 Å². The molecule has 3 rings (SSSR count). The number of hydrogen-bond donors (Lipinski definition) is 1. The first-order valence-electron chi connectivity index (χ1n) is 6.50. The van der Waals surface area contributed by atoms with E-state index in [-0.39, 0.29) is 0 Å². The molecule has 18 heavy (non-hydrogen) atoms. The molecule has 2 aromatic heterocycles. The predicted octanol–water partition coefficient (Wildman–Crippen LogP) is 3.05. The Kier molecular flexibility index (Phi) is 3.32. The van der Waals surface area contributed by atoms with Crippen LogP contribution in [0.2, 0.25) is 0 Å². The van der Waals surface area contributed by atoms with Crippen molar-refractivity contribution in [1.29, 1.82) is 0 Å². The molecule has 4 nitrogen and oxygen atoms in total. The van der Waals surface area contributed by atoms with Crippen LogP contribution in [0, 0.1) is 6.92 Å². The van der Waals surface area contributed by atoms with Gasteiger partial charge in [0.05, 0.1) is 11.6 Å². The maximum atomic E-state index is 4.42. The summed E-state index contributed by atoms with van der Waals surface area (Å²) < 4.78 is 2.17. The highest BCUT2D eigenvalue weighted by molar-refractivity contribution is 7.11. The monoisotopic (exact) mass is 262 g/mol. The van der Waals surface area contributed by atoms with Crippen molar-refractivity contribution in [3.63, 3.8) is 0 Å². The van der Waals surface area contributed by atoms with Crippen LogP contribution in [0.1, 0.15) is 35.6 Å². The summed E-state index contributed by atoms with van der Waals surface area (Å²) in [5.41, 5.74) is 0. The second-order valence-corrected chi connectivity index (χ2v) is 6.17. The van der Waals surface area contributed by atoms with E-state index < -0.39 is 0 Å². The van der Waals surface area contributed by atoms with Crippen LogP contribution in [-0.4, -0.2) is 20.6 Å². The van der Waals surface area contributed by atoms with Crippen LogP contribution >= 0.6 is 11.3 Å². The summed E-state index contributed by atoms with van der Waals surface area (Å²) in [6.45, 7) is 2.90. The molecule has 5 heteroatoms. The van der Waals surface area contributed by atoms with Gasteiger partial charge < -0.3 is 9.88 Å². The Morgan fingerprint density at radius 1 is 1.39 bits per heavy atom. The number of hydrogen-bond acceptors (Lipinski definition) is 4. The van der Waals surface area contributed by atoms with E-state index in [1.807, 2.05) is 25.5 Å². The van der Waals surface area contributed by atoms with Gasteiger partial charge >= 0.3 is 0 Å². The zero-order valence-corrected chi connectivity index (χ0v) is 11.4. The minimum atomic E-state index is 0.606. The Bertz CT molecular complexity index is 511. The van der Waals surface area contributed by atoms with Gasteiger partial charge in [-0.1, -0.05) is 12.8 Å². The van der Waals surface area contributed by atoms with Gasteiger partial charge in [-0.15, -0.1) is 11.3 Å². The molecule has 0 bridgehead atoms. The minimum absolute atomic E-state index is 0.606. The van der Waals surface area contributed by atoms with E-state index in [4.69, 9.17) is 0 Å². The van der Waals surface area contributed by atoms with Crippen LogP contribution in [0.25, 0.3) is 0 Å². The lowest BCUT2D eigenvalue weighted by Gasteiger charge is -2.14. The summed E-state index contributed by atoms with van der Waals surface area (Å²) in [5, 5.41) is 4.67. The Balaban J connectivity index is 1.70. The first-order chi connectivity index (χ1) is 8.81. The summed E-state index contributed by atoms with van der Waals surface area (Å²) in [6, 6.07) is 0.606. The van der Waals surface area contributed by atoms with Crippen LogP contribution in [0.3, 0.4) is 0 Å². The molecule has 0 radical (unpaired) electrons. The Morgan fingerprint density at radius 2 is 2.22 bits per heavy atom. The number of anilines is 1. The highest BCUT2D eigenvalue weighted by Crippen LogP contribution is 2.22. The molecule has 2 heterocycles. The van der Waals surface area contributed by atoms with Crippen molar-refractivity contribution in [3.05, 3.63) is 28.5 Å². The zero-order chi connectivity index (χ0) is 12.4. The number of aryl methyl sites for hydroxylation is 1. The number of nitrogens with zero attached hydrogens (tertiary/aromatic N) is 3. The second kappa shape index (κ2) is 5.10. The van der Waals surface area contributed by atoms with Crippen LogP contribution in [0.4, 0.5) is 5.95 Å². The average molecular weight is 262 g/mol. The molecule has 96 valence electrons. The van der Waals surface area contributed by atoms with Crippen molar-refractivity contribution < 1.29 is 0 Å². The summed E-state index contributed by atoms with van der Waals surface area (Å²) in [6.07, 6.45) is 11.1. The SMILES string of the molecule is Cc1ncc(Cn2ccnc2NC2CCCC2)s1. The molecule has 1 aliphatic rings. The molecule has 0 unspecified atom stereocenters. The average Bonchev–Trinajstić information content (AvgIpc) is 3.05. The van der Waals surface area contributed by atoms with E-state index in [1.54, 1.807) is 11.3 Å². The normalized spacial score (nSPS) is 16.3. The molecule has 0 spiro atoms. The van der Waals surface area contributed by atoms with E-state index in [9.17, 15) is 0 Å². The summed E-state index contributed by atoms with van der Waals surface area (Å²) >= 11 is 1.75. The van der Waals surface area contributed by atoms with Crippen molar-refractivity contribution in [2.75, 3.05) is 5.32 Å². The lowest BCUT2D eigenvalue weighted by Crippen LogP contribution is -2.18. The van der Waals surface area contributed by atoms with E-state index in [0.29, 0.717) is 6.04 Å². The predicted molar refractivity (Wildman–Crippen MR) is 74.1 cm³/mol. The first kappa shape index (κ1) is 11.7. The Morgan fingerprint density at radius 3 is 2.94 bits per heavy atom. The van der Waals surface area contributed by atoms with Gasteiger partial charge in [0.2, 0.25) is 5.95 Å². The molecule has 0 atom stereocenters. The third-order valence-corrected chi connectivity index (χ3v) is 4.30. The number of aromatic nitrogens is 3. The summed E-state index contributed by atoms with van der Waals surface area (Å²) in [4.78, 5) is 9.99. The van der Waals surface area contributed by atoms with E-state index in [2.05, 4.69) is 19.9 Å². The minimum Gasteiger partial charge on any atom is -0.353 e. The molecule has 1 saturated carbocycles. The van der Waals surface area contributed by atoms with E-state index >= 15 is 0 Å². The highest BCUT2D eigenvalue weighted by Gasteiger charge is 2.16. The molecule has 1 N–H and O–H groups in total. The van der Waals surface area contributed by atoms with Gasteiger partial charge in [-0.05, 0) is 19.8 Å². The molecule has 1 fully saturated rings. The van der Waals surface area contributed by atoms with Gasteiger partial charge in [0.25, 0.3) is 0 Å². The van der Waals surface area contributed by atoms with Gasteiger partial charge in [-0.3, -0.25) is 0 Å². The topological polar surface area (TPSA) is 42.7 Å². The van der Waals surface area contributed by atoms with Crippen LogP contribution < -0.4 is 5.32 Å². The number of imidazole rings is 1. The summed E-state index contributed by atoms with van der Waals surface area (Å²) in [5.74, 6) is 0.993. The quantitative estimate of drug-likeness (QED) is 0.921. The largest absolute Gasteiger partial charge is 0.353 e. The smallest absolute Gasteiger partial charge is 0.203 e. The number of thiazole rings is 1. The Hall–Kier alpha value is -1.36. The highest BCUT2D eigenvalue weighted by atomic mass is 32.1. The first-order valence-corrected chi connectivity index (χ1v) is 7.32. The molecule has 0 aliphatic heterocycles. The molecule has 1 aliphatic carbocycles. The molecule has 2 aromatic rings. The van der Waals surface area contributed by atoms with Crippen LogP contribution in [-0.2, 0) is 6.54 Å². The fraction of sp³-hybridized carbons (Fsp3) is 0.538. The maximum absolute atomic E-state index is 4.42.